The van der Waals surface area contributed by atoms with Crippen LogP contribution in [0.4, 0.5) is 0 Å². The Labute approximate surface area is 125 Å². The standard InChI is InChI=1S/C16H22N4O/c1-11(2)10-21-14-7-5-13(6-8-14)20-16(12-3-4-12)15(9-17)18-19-20/h5-8,11-12H,3-4,9-10,17H2,1-2H3. The zero-order chi connectivity index (χ0) is 14.8. The molecule has 112 valence electrons. The summed E-state index contributed by atoms with van der Waals surface area (Å²) in [4.78, 5) is 0. The number of nitrogens with two attached hydrogens (primary N) is 1. The average Bonchev–Trinajstić information content (AvgIpc) is 3.24. The number of hydrogen-bond acceptors (Lipinski definition) is 4. The second-order valence-electron chi connectivity index (χ2n) is 6.01. The van der Waals surface area contributed by atoms with Crippen LogP contribution in [0.15, 0.2) is 24.3 Å². The summed E-state index contributed by atoms with van der Waals surface area (Å²) < 4.78 is 7.63. The smallest absolute Gasteiger partial charge is 0.119 e. The molecule has 0 amide bonds. The van der Waals surface area contributed by atoms with Crippen molar-refractivity contribution in [1.29, 1.82) is 0 Å². The van der Waals surface area contributed by atoms with Crippen molar-refractivity contribution in [3.8, 4) is 11.4 Å². The van der Waals surface area contributed by atoms with E-state index in [1.165, 1.54) is 18.5 Å². The predicted octanol–water partition coefficient (Wildman–Crippen LogP) is 2.64. The average molecular weight is 286 g/mol. The Kier molecular flexibility index (Phi) is 3.92. The van der Waals surface area contributed by atoms with Crippen molar-refractivity contribution in [2.75, 3.05) is 6.61 Å². The maximum absolute atomic E-state index is 5.76. The van der Waals surface area contributed by atoms with E-state index in [1.54, 1.807) is 0 Å². The number of rotatable bonds is 6. The molecule has 1 aromatic heterocycles. The van der Waals surface area contributed by atoms with Gasteiger partial charge in [-0.3, -0.25) is 0 Å². The number of nitrogens with zero attached hydrogens (tertiary/aromatic N) is 3. The van der Waals surface area contributed by atoms with Gasteiger partial charge in [0.1, 0.15) is 11.4 Å². The number of aromatic nitrogens is 3. The minimum atomic E-state index is 0.446. The van der Waals surface area contributed by atoms with Crippen LogP contribution in [-0.4, -0.2) is 21.6 Å². The van der Waals surface area contributed by atoms with Crippen LogP contribution in [0.25, 0.3) is 5.69 Å². The first-order valence-electron chi connectivity index (χ1n) is 7.56. The van der Waals surface area contributed by atoms with Crippen LogP contribution in [0, 0.1) is 5.92 Å². The van der Waals surface area contributed by atoms with E-state index < -0.39 is 0 Å². The zero-order valence-corrected chi connectivity index (χ0v) is 12.6. The monoisotopic (exact) mass is 286 g/mol. The first kappa shape index (κ1) is 14.1. The summed E-state index contributed by atoms with van der Waals surface area (Å²) >= 11 is 0. The van der Waals surface area contributed by atoms with E-state index in [4.69, 9.17) is 10.5 Å². The Hall–Kier alpha value is -1.88. The van der Waals surface area contributed by atoms with Crippen LogP contribution in [0.2, 0.25) is 0 Å². The molecule has 2 N–H and O–H groups in total. The lowest BCUT2D eigenvalue weighted by Crippen LogP contribution is -2.06. The lowest BCUT2D eigenvalue weighted by Gasteiger charge is -2.10. The summed E-state index contributed by atoms with van der Waals surface area (Å²) in [6.45, 7) is 5.45. The molecule has 21 heavy (non-hydrogen) atoms. The molecule has 0 radical (unpaired) electrons. The fourth-order valence-electron chi connectivity index (χ4n) is 2.37. The summed E-state index contributed by atoms with van der Waals surface area (Å²) in [6, 6.07) is 8.02. The second kappa shape index (κ2) is 5.85. The van der Waals surface area contributed by atoms with Crippen molar-refractivity contribution in [1.82, 2.24) is 15.0 Å². The van der Waals surface area contributed by atoms with Crippen LogP contribution in [0.5, 0.6) is 5.75 Å². The normalized spacial score (nSPS) is 14.7. The molecule has 0 aliphatic heterocycles. The molecule has 1 aliphatic rings. The number of hydrogen-bond donors (Lipinski definition) is 1. The third-order valence-electron chi connectivity index (χ3n) is 3.60. The van der Waals surface area contributed by atoms with E-state index in [0.717, 1.165) is 23.7 Å². The highest BCUT2D eigenvalue weighted by atomic mass is 16.5. The molecule has 2 aromatic rings. The zero-order valence-electron chi connectivity index (χ0n) is 12.6. The van der Waals surface area contributed by atoms with Gasteiger partial charge in [0.15, 0.2) is 0 Å². The van der Waals surface area contributed by atoms with Crippen molar-refractivity contribution >= 4 is 0 Å². The Balaban J connectivity index is 1.82. The van der Waals surface area contributed by atoms with Crippen molar-refractivity contribution in [2.24, 2.45) is 11.7 Å². The van der Waals surface area contributed by atoms with Gasteiger partial charge in [-0.25, -0.2) is 4.68 Å². The Morgan fingerprint density at radius 1 is 1.29 bits per heavy atom. The summed E-state index contributed by atoms with van der Waals surface area (Å²) in [5.41, 5.74) is 8.87. The van der Waals surface area contributed by atoms with Gasteiger partial charge in [-0.05, 0) is 43.0 Å². The molecule has 1 aromatic carbocycles. The van der Waals surface area contributed by atoms with Crippen LogP contribution in [-0.2, 0) is 6.54 Å². The highest BCUT2D eigenvalue weighted by molar-refractivity contribution is 5.39. The molecule has 1 saturated carbocycles. The Morgan fingerprint density at radius 2 is 2.00 bits per heavy atom. The lowest BCUT2D eigenvalue weighted by atomic mass is 10.2. The SMILES string of the molecule is CC(C)COc1ccc(-n2nnc(CN)c2C2CC2)cc1. The summed E-state index contributed by atoms with van der Waals surface area (Å²) in [5.74, 6) is 1.98. The molecule has 0 atom stereocenters. The largest absolute Gasteiger partial charge is 0.493 e. The van der Waals surface area contributed by atoms with Gasteiger partial charge in [0.25, 0.3) is 0 Å². The lowest BCUT2D eigenvalue weighted by molar-refractivity contribution is 0.271. The van der Waals surface area contributed by atoms with E-state index >= 15 is 0 Å². The predicted molar refractivity (Wildman–Crippen MR) is 81.6 cm³/mol. The first-order chi connectivity index (χ1) is 10.2. The molecular weight excluding hydrogens is 264 g/mol. The quantitative estimate of drug-likeness (QED) is 0.886. The van der Waals surface area contributed by atoms with Crippen molar-refractivity contribution in [2.45, 2.75) is 39.2 Å². The van der Waals surface area contributed by atoms with Crippen molar-refractivity contribution in [3.63, 3.8) is 0 Å². The molecule has 5 nitrogen and oxygen atoms in total. The van der Waals surface area contributed by atoms with Gasteiger partial charge in [0.05, 0.1) is 18.0 Å². The number of ether oxygens (including phenoxy) is 1. The van der Waals surface area contributed by atoms with Crippen LogP contribution in [0.1, 0.15) is 44.0 Å². The number of benzene rings is 1. The third-order valence-corrected chi connectivity index (χ3v) is 3.60. The molecule has 1 fully saturated rings. The van der Waals surface area contributed by atoms with Crippen LogP contribution >= 0.6 is 0 Å². The van der Waals surface area contributed by atoms with E-state index in [2.05, 4.69) is 24.2 Å². The van der Waals surface area contributed by atoms with Gasteiger partial charge >= 0.3 is 0 Å². The minimum absolute atomic E-state index is 0.446. The maximum atomic E-state index is 5.76. The fourth-order valence-corrected chi connectivity index (χ4v) is 2.37. The highest BCUT2D eigenvalue weighted by Crippen LogP contribution is 2.41. The summed E-state index contributed by atoms with van der Waals surface area (Å²) in [7, 11) is 0. The third kappa shape index (κ3) is 3.08. The molecule has 0 saturated heterocycles. The van der Waals surface area contributed by atoms with Gasteiger partial charge < -0.3 is 10.5 Å². The van der Waals surface area contributed by atoms with Crippen molar-refractivity contribution < 1.29 is 4.74 Å². The van der Waals surface area contributed by atoms with E-state index in [0.29, 0.717) is 18.4 Å². The highest BCUT2D eigenvalue weighted by Gasteiger charge is 2.31. The molecule has 0 bridgehead atoms. The maximum Gasteiger partial charge on any atom is 0.119 e. The van der Waals surface area contributed by atoms with Crippen LogP contribution in [0.3, 0.4) is 0 Å². The first-order valence-corrected chi connectivity index (χ1v) is 7.56. The summed E-state index contributed by atoms with van der Waals surface area (Å²) in [6.07, 6.45) is 2.41. The van der Waals surface area contributed by atoms with Gasteiger partial charge in [0, 0.05) is 12.5 Å². The molecule has 1 heterocycles. The molecule has 3 rings (SSSR count). The fraction of sp³-hybridized carbons (Fsp3) is 0.500. The van der Waals surface area contributed by atoms with Crippen molar-refractivity contribution in [3.05, 3.63) is 35.7 Å². The van der Waals surface area contributed by atoms with Gasteiger partial charge in [-0.2, -0.15) is 0 Å². The summed E-state index contributed by atoms with van der Waals surface area (Å²) in [5, 5.41) is 8.48. The Morgan fingerprint density at radius 3 is 2.57 bits per heavy atom. The van der Waals surface area contributed by atoms with Gasteiger partial charge in [-0.1, -0.05) is 19.1 Å². The molecule has 5 heteroatoms. The van der Waals surface area contributed by atoms with E-state index in [-0.39, 0.29) is 0 Å². The molecule has 0 spiro atoms. The van der Waals surface area contributed by atoms with E-state index in [1.807, 2.05) is 28.9 Å². The minimum Gasteiger partial charge on any atom is -0.493 e. The topological polar surface area (TPSA) is 66.0 Å². The second-order valence-corrected chi connectivity index (χ2v) is 6.01. The molecule has 0 unspecified atom stereocenters. The molecule has 1 aliphatic carbocycles. The van der Waals surface area contributed by atoms with E-state index in [9.17, 15) is 0 Å². The molecular formula is C16H22N4O. The Bertz CT molecular complexity index is 599. The van der Waals surface area contributed by atoms with Gasteiger partial charge in [0.2, 0.25) is 0 Å². The van der Waals surface area contributed by atoms with Gasteiger partial charge in [-0.15, -0.1) is 5.10 Å². The van der Waals surface area contributed by atoms with Crippen LogP contribution < -0.4 is 10.5 Å².